The van der Waals surface area contributed by atoms with Gasteiger partial charge in [-0.25, -0.2) is 8.78 Å². The van der Waals surface area contributed by atoms with Crippen molar-refractivity contribution in [3.05, 3.63) is 35.4 Å². The number of Topliss-reactive ketones (excluding diaryl/α,β-unsaturated/α-hetero) is 1. The first kappa shape index (κ1) is 12.8. The molecule has 0 aromatic heterocycles. The highest BCUT2D eigenvalue weighted by atomic mass is 19.2. The molecule has 0 saturated carbocycles. The average Bonchev–Trinajstić information content (AvgIpc) is 2.20. The minimum absolute atomic E-state index is 0.174. The molecular formula is C12H15F2NO. The molecule has 88 valence electrons. The van der Waals surface area contributed by atoms with Gasteiger partial charge in [0, 0.05) is 18.0 Å². The fourth-order valence-corrected chi connectivity index (χ4v) is 1.56. The van der Waals surface area contributed by atoms with Crippen molar-refractivity contribution in [3.63, 3.8) is 0 Å². The van der Waals surface area contributed by atoms with Crippen molar-refractivity contribution >= 4 is 5.78 Å². The van der Waals surface area contributed by atoms with Crippen molar-refractivity contribution in [2.45, 2.75) is 6.92 Å². The third-order valence-corrected chi connectivity index (χ3v) is 2.29. The van der Waals surface area contributed by atoms with Crippen molar-refractivity contribution < 1.29 is 13.6 Å². The van der Waals surface area contributed by atoms with Crippen LogP contribution in [0.5, 0.6) is 0 Å². The van der Waals surface area contributed by atoms with Gasteiger partial charge in [-0.15, -0.1) is 0 Å². The van der Waals surface area contributed by atoms with Gasteiger partial charge in [-0.2, -0.15) is 0 Å². The topological polar surface area (TPSA) is 20.3 Å². The molecule has 4 heteroatoms. The Balaban J connectivity index is 2.84. The second-order valence-electron chi connectivity index (χ2n) is 4.16. The lowest BCUT2D eigenvalue weighted by Crippen LogP contribution is -2.25. The van der Waals surface area contributed by atoms with Crippen LogP contribution in [0.2, 0.25) is 0 Å². The smallest absolute Gasteiger partial charge is 0.167 e. The summed E-state index contributed by atoms with van der Waals surface area (Å²) in [6.45, 7) is 2.35. The van der Waals surface area contributed by atoms with Gasteiger partial charge in [0.1, 0.15) is 0 Å². The molecule has 1 atom stereocenters. The largest absolute Gasteiger partial charge is 0.309 e. The summed E-state index contributed by atoms with van der Waals surface area (Å²) in [6.07, 6.45) is 0. The van der Waals surface area contributed by atoms with Crippen molar-refractivity contribution in [1.29, 1.82) is 0 Å². The highest BCUT2D eigenvalue weighted by molar-refractivity contribution is 5.97. The molecule has 1 aromatic carbocycles. The molecule has 0 aliphatic carbocycles. The SMILES string of the molecule is CC(CN(C)C)C(=O)c1ccc(F)c(F)c1. The minimum Gasteiger partial charge on any atom is -0.309 e. The van der Waals surface area contributed by atoms with E-state index in [2.05, 4.69) is 0 Å². The molecule has 0 fully saturated rings. The molecule has 0 bridgehead atoms. The number of rotatable bonds is 4. The zero-order valence-corrected chi connectivity index (χ0v) is 9.63. The molecule has 0 amide bonds. The van der Waals surface area contributed by atoms with E-state index in [1.807, 2.05) is 19.0 Å². The third kappa shape index (κ3) is 3.10. The standard InChI is InChI=1S/C12H15F2NO/c1-8(7-15(2)3)12(16)9-4-5-10(13)11(14)6-9/h4-6,8H,7H2,1-3H3. The quantitative estimate of drug-likeness (QED) is 0.736. The summed E-state index contributed by atoms with van der Waals surface area (Å²) in [6, 6.07) is 3.24. The number of hydrogen-bond donors (Lipinski definition) is 0. The number of ketones is 1. The molecule has 0 aliphatic rings. The van der Waals surface area contributed by atoms with Crippen LogP contribution in [0.15, 0.2) is 18.2 Å². The first-order valence-electron chi connectivity index (χ1n) is 5.06. The maximum absolute atomic E-state index is 12.9. The Bertz CT molecular complexity index is 391. The fourth-order valence-electron chi connectivity index (χ4n) is 1.56. The van der Waals surface area contributed by atoms with Crippen molar-refractivity contribution in [1.82, 2.24) is 4.90 Å². The Labute approximate surface area is 93.9 Å². The Morgan fingerprint density at radius 1 is 1.31 bits per heavy atom. The van der Waals surface area contributed by atoms with E-state index in [1.165, 1.54) is 6.07 Å². The van der Waals surface area contributed by atoms with Gasteiger partial charge in [-0.1, -0.05) is 6.92 Å². The summed E-state index contributed by atoms with van der Waals surface area (Å²) in [5, 5.41) is 0. The molecule has 0 N–H and O–H groups in total. The lowest BCUT2D eigenvalue weighted by atomic mass is 9.99. The zero-order valence-electron chi connectivity index (χ0n) is 9.63. The summed E-state index contributed by atoms with van der Waals surface area (Å²) >= 11 is 0. The second-order valence-corrected chi connectivity index (χ2v) is 4.16. The second kappa shape index (κ2) is 5.16. The summed E-state index contributed by atoms with van der Waals surface area (Å²) in [5.41, 5.74) is 0.216. The molecule has 1 unspecified atom stereocenters. The highest BCUT2D eigenvalue weighted by Crippen LogP contribution is 2.13. The number of carbonyl (C=O) groups excluding carboxylic acids is 1. The van der Waals surface area contributed by atoms with Gasteiger partial charge >= 0.3 is 0 Å². The van der Waals surface area contributed by atoms with Crippen LogP contribution in [0.25, 0.3) is 0 Å². The van der Waals surface area contributed by atoms with Gasteiger partial charge in [0.15, 0.2) is 17.4 Å². The van der Waals surface area contributed by atoms with E-state index in [0.29, 0.717) is 6.54 Å². The first-order valence-corrected chi connectivity index (χ1v) is 5.06. The van der Waals surface area contributed by atoms with Crippen molar-refractivity contribution in [2.24, 2.45) is 5.92 Å². The number of halogens is 2. The van der Waals surface area contributed by atoms with Gasteiger partial charge in [0.25, 0.3) is 0 Å². The van der Waals surface area contributed by atoms with Crippen molar-refractivity contribution in [3.8, 4) is 0 Å². The number of carbonyl (C=O) groups is 1. The molecule has 0 radical (unpaired) electrons. The molecule has 0 heterocycles. The maximum Gasteiger partial charge on any atom is 0.167 e. The number of hydrogen-bond acceptors (Lipinski definition) is 2. The maximum atomic E-state index is 12.9. The van der Waals surface area contributed by atoms with E-state index < -0.39 is 11.6 Å². The Hall–Kier alpha value is -1.29. The van der Waals surface area contributed by atoms with Gasteiger partial charge in [0.05, 0.1) is 0 Å². The monoisotopic (exact) mass is 227 g/mol. The Kier molecular flexibility index (Phi) is 4.12. The summed E-state index contributed by atoms with van der Waals surface area (Å²) < 4.78 is 25.6. The first-order chi connectivity index (χ1) is 7.41. The van der Waals surface area contributed by atoms with Gasteiger partial charge in [-0.3, -0.25) is 4.79 Å². The molecule has 2 nitrogen and oxygen atoms in total. The minimum atomic E-state index is -0.983. The average molecular weight is 227 g/mol. The van der Waals surface area contributed by atoms with Crippen LogP contribution in [0.1, 0.15) is 17.3 Å². The molecular weight excluding hydrogens is 212 g/mol. The molecule has 0 aliphatic heterocycles. The van der Waals surface area contributed by atoms with E-state index in [9.17, 15) is 13.6 Å². The molecule has 0 spiro atoms. The summed E-state index contributed by atoms with van der Waals surface area (Å²) in [5.74, 6) is -2.33. The number of benzene rings is 1. The van der Waals surface area contributed by atoms with Crippen LogP contribution in [0, 0.1) is 17.6 Å². The normalized spacial score (nSPS) is 12.9. The van der Waals surface area contributed by atoms with Crippen LogP contribution in [0.4, 0.5) is 8.78 Å². The molecule has 1 rings (SSSR count). The van der Waals surface area contributed by atoms with Crippen LogP contribution < -0.4 is 0 Å². The van der Waals surface area contributed by atoms with E-state index in [-0.39, 0.29) is 17.3 Å². The number of nitrogens with zero attached hydrogens (tertiary/aromatic N) is 1. The Morgan fingerprint density at radius 2 is 1.94 bits per heavy atom. The van der Waals surface area contributed by atoms with Gasteiger partial charge < -0.3 is 4.90 Å². The van der Waals surface area contributed by atoms with E-state index in [1.54, 1.807) is 6.92 Å². The van der Waals surface area contributed by atoms with Gasteiger partial charge in [-0.05, 0) is 32.3 Å². The Morgan fingerprint density at radius 3 is 2.44 bits per heavy atom. The predicted octanol–water partition coefficient (Wildman–Crippen LogP) is 2.35. The third-order valence-electron chi connectivity index (χ3n) is 2.29. The van der Waals surface area contributed by atoms with E-state index in [0.717, 1.165) is 12.1 Å². The van der Waals surface area contributed by atoms with Crippen molar-refractivity contribution in [2.75, 3.05) is 20.6 Å². The molecule has 16 heavy (non-hydrogen) atoms. The summed E-state index contributed by atoms with van der Waals surface area (Å²) in [4.78, 5) is 13.7. The fraction of sp³-hybridized carbons (Fsp3) is 0.417. The van der Waals surface area contributed by atoms with E-state index >= 15 is 0 Å². The van der Waals surface area contributed by atoms with Crippen LogP contribution in [-0.2, 0) is 0 Å². The lowest BCUT2D eigenvalue weighted by molar-refractivity contribution is 0.0909. The molecule has 0 saturated heterocycles. The zero-order chi connectivity index (χ0) is 12.3. The van der Waals surface area contributed by atoms with Crippen LogP contribution in [0.3, 0.4) is 0 Å². The highest BCUT2D eigenvalue weighted by Gasteiger charge is 2.17. The van der Waals surface area contributed by atoms with E-state index in [4.69, 9.17) is 0 Å². The molecule has 1 aromatic rings. The predicted molar refractivity (Wildman–Crippen MR) is 58.4 cm³/mol. The van der Waals surface area contributed by atoms with Crippen LogP contribution >= 0.6 is 0 Å². The van der Waals surface area contributed by atoms with Gasteiger partial charge in [0.2, 0.25) is 0 Å². The lowest BCUT2D eigenvalue weighted by Gasteiger charge is -2.15. The van der Waals surface area contributed by atoms with Crippen LogP contribution in [-0.4, -0.2) is 31.3 Å². The summed E-state index contributed by atoms with van der Waals surface area (Å²) in [7, 11) is 3.71.